The Labute approximate surface area is 173 Å². The highest BCUT2D eigenvalue weighted by Crippen LogP contribution is 2.26. The highest BCUT2D eigenvalue weighted by atomic mass is 16.5. The summed E-state index contributed by atoms with van der Waals surface area (Å²) in [5.41, 5.74) is 8.59. The van der Waals surface area contributed by atoms with Crippen LogP contribution in [0.4, 0.5) is 0 Å². The van der Waals surface area contributed by atoms with E-state index >= 15 is 0 Å². The van der Waals surface area contributed by atoms with E-state index in [-0.39, 0.29) is 5.56 Å². The number of amides is 1. The minimum absolute atomic E-state index is 0.284. The van der Waals surface area contributed by atoms with Crippen molar-refractivity contribution in [1.29, 1.82) is 0 Å². The van der Waals surface area contributed by atoms with Gasteiger partial charge in [0.05, 0.1) is 29.4 Å². The molecule has 7 heteroatoms. The fraction of sp³-hybridized carbons (Fsp3) is 0.130. The molecule has 0 bridgehead atoms. The lowest BCUT2D eigenvalue weighted by molar-refractivity contribution is -0.125. The van der Waals surface area contributed by atoms with E-state index in [0.717, 1.165) is 11.1 Å². The van der Waals surface area contributed by atoms with Crippen molar-refractivity contribution in [3.05, 3.63) is 84.1 Å². The van der Waals surface area contributed by atoms with E-state index in [0.29, 0.717) is 23.3 Å². The molecule has 0 aliphatic rings. The number of primary amides is 1. The third kappa shape index (κ3) is 3.91. The summed E-state index contributed by atoms with van der Waals surface area (Å²) in [4.78, 5) is 28.9. The molecule has 2 heterocycles. The number of hydrogen-bond donors (Lipinski definition) is 1. The van der Waals surface area contributed by atoms with Crippen LogP contribution in [0, 0.1) is 0 Å². The molecule has 150 valence electrons. The number of hydrogen-bond acceptors (Lipinski definition) is 5. The van der Waals surface area contributed by atoms with E-state index in [9.17, 15) is 9.59 Å². The Balaban J connectivity index is 1.83. The van der Waals surface area contributed by atoms with E-state index in [4.69, 9.17) is 15.5 Å². The maximum absolute atomic E-state index is 12.8. The van der Waals surface area contributed by atoms with Gasteiger partial charge in [-0.05, 0) is 18.6 Å². The monoisotopic (exact) mass is 400 g/mol. The fourth-order valence-corrected chi connectivity index (χ4v) is 3.13. The van der Waals surface area contributed by atoms with Crippen molar-refractivity contribution in [3.8, 4) is 11.3 Å². The van der Waals surface area contributed by atoms with Crippen LogP contribution in [0.2, 0.25) is 0 Å². The molecule has 0 saturated heterocycles. The van der Waals surface area contributed by atoms with Crippen molar-refractivity contribution >= 4 is 22.9 Å². The largest absolute Gasteiger partial charge is 0.449 e. The van der Waals surface area contributed by atoms with Crippen LogP contribution in [0.5, 0.6) is 0 Å². The van der Waals surface area contributed by atoms with Gasteiger partial charge in [0.25, 0.3) is 5.91 Å². The molecule has 0 aliphatic carbocycles. The second-order valence-corrected chi connectivity index (χ2v) is 6.90. The van der Waals surface area contributed by atoms with Crippen LogP contribution in [-0.4, -0.2) is 32.7 Å². The Morgan fingerprint density at radius 2 is 1.73 bits per heavy atom. The summed E-state index contributed by atoms with van der Waals surface area (Å²) in [5.74, 6) is -1.36. The van der Waals surface area contributed by atoms with Crippen molar-refractivity contribution < 1.29 is 14.3 Å². The second kappa shape index (κ2) is 8.16. The number of benzene rings is 2. The maximum atomic E-state index is 12.8. The number of carbonyl (C=O) groups excluding carboxylic acids is 2. The number of esters is 1. The number of carbonyl (C=O) groups is 2. The number of pyridine rings is 1. The third-order valence-electron chi connectivity index (χ3n) is 4.76. The number of aromatic nitrogens is 3. The molecule has 1 atom stereocenters. The Morgan fingerprint density at radius 1 is 1.07 bits per heavy atom. The second-order valence-electron chi connectivity index (χ2n) is 6.90. The van der Waals surface area contributed by atoms with Crippen LogP contribution in [0.25, 0.3) is 22.3 Å². The Hall–Kier alpha value is -4.00. The van der Waals surface area contributed by atoms with Gasteiger partial charge in [0, 0.05) is 5.56 Å². The first-order valence-electron chi connectivity index (χ1n) is 9.49. The van der Waals surface area contributed by atoms with Crippen LogP contribution >= 0.6 is 0 Å². The van der Waals surface area contributed by atoms with E-state index in [1.165, 1.54) is 6.92 Å². The SMILES string of the molecule is CC(OC(=O)c1cc(-c2ccccc2)nc2c1cnn2Cc1ccccc1)C(N)=O. The highest BCUT2D eigenvalue weighted by Gasteiger charge is 2.22. The lowest BCUT2D eigenvalue weighted by Crippen LogP contribution is -2.30. The Kier molecular flexibility index (Phi) is 5.26. The van der Waals surface area contributed by atoms with Gasteiger partial charge in [-0.15, -0.1) is 0 Å². The van der Waals surface area contributed by atoms with Crippen LogP contribution in [-0.2, 0) is 16.1 Å². The van der Waals surface area contributed by atoms with Gasteiger partial charge in [-0.3, -0.25) is 4.79 Å². The van der Waals surface area contributed by atoms with Gasteiger partial charge in [0.1, 0.15) is 0 Å². The molecule has 0 fully saturated rings. The average Bonchev–Trinajstić information content (AvgIpc) is 3.17. The summed E-state index contributed by atoms with van der Waals surface area (Å²) >= 11 is 0. The lowest BCUT2D eigenvalue weighted by atomic mass is 10.1. The number of nitrogens with zero attached hydrogens (tertiary/aromatic N) is 3. The third-order valence-corrected chi connectivity index (χ3v) is 4.76. The summed E-state index contributed by atoms with van der Waals surface area (Å²) in [6.07, 6.45) is 0.547. The molecule has 2 aromatic heterocycles. The Bertz CT molecular complexity index is 1200. The predicted octanol–water partition coefficient (Wildman–Crippen LogP) is 3.18. The molecule has 0 saturated carbocycles. The average molecular weight is 400 g/mol. The van der Waals surface area contributed by atoms with Gasteiger partial charge in [0.15, 0.2) is 11.8 Å². The zero-order chi connectivity index (χ0) is 21.1. The van der Waals surface area contributed by atoms with Crippen molar-refractivity contribution in [2.24, 2.45) is 5.73 Å². The highest BCUT2D eigenvalue weighted by molar-refractivity contribution is 6.04. The maximum Gasteiger partial charge on any atom is 0.339 e. The molecule has 2 N–H and O–H groups in total. The van der Waals surface area contributed by atoms with Crippen LogP contribution in [0.3, 0.4) is 0 Å². The zero-order valence-corrected chi connectivity index (χ0v) is 16.4. The van der Waals surface area contributed by atoms with Crippen molar-refractivity contribution in [2.45, 2.75) is 19.6 Å². The molecule has 7 nitrogen and oxygen atoms in total. The van der Waals surface area contributed by atoms with Gasteiger partial charge in [-0.2, -0.15) is 5.10 Å². The molecule has 4 rings (SSSR count). The molecule has 0 aliphatic heterocycles. The van der Waals surface area contributed by atoms with Crippen molar-refractivity contribution in [3.63, 3.8) is 0 Å². The molecule has 0 radical (unpaired) electrons. The molecule has 30 heavy (non-hydrogen) atoms. The van der Waals surface area contributed by atoms with Crippen LogP contribution in [0.15, 0.2) is 72.9 Å². The lowest BCUT2D eigenvalue weighted by Gasteiger charge is -2.12. The fourth-order valence-electron chi connectivity index (χ4n) is 3.13. The molecule has 0 spiro atoms. The molecule has 2 aromatic carbocycles. The van der Waals surface area contributed by atoms with E-state index in [1.807, 2.05) is 60.7 Å². The summed E-state index contributed by atoms with van der Waals surface area (Å²) < 4.78 is 6.99. The van der Waals surface area contributed by atoms with Crippen molar-refractivity contribution in [1.82, 2.24) is 14.8 Å². The van der Waals surface area contributed by atoms with Gasteiger partial charge >= 0.3 is 5.97 Å². The number of rotatable bonds is 6. The summed E-state index contributed by atoms with van der Waals surface area (Å²) in [7, 11) is 0. The number of nitrogens with two attached hydrogens (primary N) is 1. The van der Waals surface area contributed by atoms with Crippen LogP contribution in [0.1, 0.15) is 22.8 Å². The molecule has 1 unspecified atom stereocenters. The van der Waals surface area contributed by atoms with E-state index in [1.54, 1.807) is 16.9 Å². The van der Waals surface area contributed by atoms with Gasteiger partial charge in [-0.25, -0.2) is 14.5 Å². The standard InChI is InChI=1S/C23H20N4O3/c1-15(21(24)28)30-23(29)18-12-20(17-10-6-3-7-11-17)26-22-19(18)13-25-27(22)14-16-8-4-2-5-9-16/h2-13,15H,14H2,1H3,(H2,24,28). The molecule has 4 aromatic rings. The predicted molar refractivity (Wildman–Crippen MR) is 113 cm³/mol. The summed E-state index contributed by atoms with van der Waals surface area (Å²) in [6.45, 7) is 1.94. The minimum atomic E-state index is -1.04. The number of fused-ring (bicyclic) bond motifs is 1. The number of ether oxygens (including phenoxy) is 1. The van der Waals surface area contributed by atoms with Gasteiger partial charge < -0.3 is 10.5 Å². The molecular weight excluding hydrogens is 380 g/mol. The summed E-state index contributed by atoms with van der Waals surface area (Å²) in [5, 5.41) is 4.99. The molecule has 1 amide bonds. The first-order chi connectivity index (χ1) is 14.5. The topological polar surface area (TPSA) is 100 Å². The Morgan fingerprint density at radius 3 is 2.40 bits per heavy atom. The normalized spacial score (nSPS) is 11.9. The van der Waals surface area contributed by atoms with Gasteiger partial charge in [-0.1, -0.05) is 60.7 Å². The van der Waals surface area contributed by atoms with Crippen LogP contribution < -0.4 is 5.73 Å². The first-order valence-corrected chi connectivity index (χ1v) is 9.49. The quantitative estimate of drug-likeness (QED) is 0.501. The minimum Gasteiger partial charge on any atom is -0.449 e. The summed E-state index contributed by atoms with van der Waals surface area (Å²) in [6, 6.07) is 21.0. The van der Waals surface area contributed by atoms with Gasteiger partial charge in [0.2, 0.25) is 0 Å². The zero-order valence-electron chi connectivity index (χ0n) is 16.4. The first kappa shape index (κ1) is 19.3. The van der Waals surface area contributed by atoms with Crippen molar-refractivity contribution in [2.75, 3.05) is 0 Å². The smallest absolute Gasteiger partial charge is 0.339 e. The van der Waals surface area contributed by atoms with E-state index < -0.39 is 18.0 Å². The molecular formula is C23H20N4O3. The van der Waals surface area contributed by atoms with E-state index in [2.05, 4.69) is 5.10 Å².